The van der Waals surface area contributed by atoms with Gasteiger partial charge < -0.3 is 0 Å². The maximum Gasteiger partial charge on any atom is 0.120 e. The summed E-state index contributed by atoms with van der Waals surface area (Å²) in [4.78, 5) is 4.48. The second kappa shape index (κ2) is 4.13. The minimum Gasteiger partial charge on any atom is -0.278 e. The Labute approximate surface area is 91.0 Å². The first-order valence-corrected chi connectivity index (χ1v) is 6.03. The average molecular weight is 222 g/mol. The fourth-order valence-electron chi connectivity index (χ4n) is 1.19. The van der Waals surface area contributed by atoms with Crippen LogP contribution in [0.5, 0.6) is 0 Å². The molecule has 2 rings (SSSR count). The smallest absolute Gasteiger partial charge is 0.120 e. The minimum atomic E-state index is 0.736. The number of aromatic nitrogens is 1. The largest absolute Gasteiger partial charge is 0.278 e. The van der Waals surface area contributed by atoms with Gasteiger partial charge in [-0.3, -0.25) is 5.14 Å². The predicted octanol–water partition coefficient (Wildman–Crippen LogP) is 2.92. The van der Waals surface area contributed by atoms with Gasteiger partial charge in [0.05, 0.1) is 10.2 Å². The molecular formula is C10H10N2S2. The predicted molar refractivity (Wildman–Crippen MR) is 65.3 cm³/mol. The Morgan fingerprint density at radius 1 is 1.50 bits per heavy atom. The summed E-state index contributed by atoms with van der Waals surface area (Å²) in [5, 5.41) is 6.38. The van der Waals surface area contributed by atoms with Crippen molar-refractivity contribution in [3.05, 3.63) is 35.9 Å². The van der Waals surface area contributed by atoms with Crippen LogP contribution in [0.4, 0.5) is 0 Å². The van der Waals surface area contributed by atoms with Crippen LogP contribution in [0, 0.1) is 0 Å². The lowest BCUT2D eigenvalue weighted by Crippen LogP contribution is -1.88. The summed E-state index contributed by atoms with van der Waals surface area (Å²) >= 11 is 2.95. The summed E-state index contributed by atoms with van der Waals surface area (Å²) in [6.07, 6.45) is 0. The van der Waals surface area contributed by atoms with E-state index in [0.29, 0.717) is 0 Å². The standard InChI is InChI=1S/C10H10N2S2/c1-7(6-13-11)10-12-8-4-2-3-5-9(8)14-10/h2-5H,1,6,11H2. The monoisotopic (exact) mass is 222 g/mol. The zero-order valence-corrected chi connectivity index (χ0v) is 9.20. The molecule has 0 spiro atoms. The van der Waals surface area contributed by atoms with E-state index in [2.05, 4.69) is 17.6 Å². The lowest BCUT2D eigenvalue weighted by atomic mass is 10.3. The van der Waals surface area contributed by atoms with Crippen molar-refractivity contribution < 1.29 is 0 Å². The van der Waals surface area contributed by atoms with Gasteiger partial charge in [-0.25, -0.2) is 4.98 Å². The second-order valence-electron chi connectivity index (χ2n) is 2.90. The molecule has 4 heteroatoms. The van der Waals surface area contributed by atoms with Crippen molar-refractivity contribution in [1.29, 1.82) is 0 Å². The zero-order valence-electron chi connectivity index (χ0n) is 7.56. The van der Waals surface area contributed by atoms with Crippen LogP contribution in [0.25, 0.3) is 15.8 Å². The molecule has 72 valence electrons. The van der Waals surface area contributed by atoms with Gasteiger partial charge in [0.1, 0.15) is 5.01 Å². The van der Waals surface area contributed by atoms with Crippen LogP contribution in [0.3, 0.4) is 0 Å². The van der Waals surface area contributed by atoms with Gasteiger partial charge in [0.25, 0.3) is 0 Å². The Bertz CT molecular complexity index is 429. The average Bonchev–Trinajstić information content (AvgIpc) is 2.61. The summed E-state index contributed by atoms with van der Waals surface area (Å²) < 4.78 is 1.20. The Morgan fingerprint density at radius 2 is 2.29 bits per heavy atom. The molecule has 0 aliphatic carbocycles. The maximum absolute atomic E-state index is 5.39. The van der Waals surface area contributed by atoms with Gasteiger partial charge in [-0.1, -0.05) is 30.7 Å². The zero-order chi connectivity index (χ0) is 9.97. The highest BCUT2D eigenvalue weighted by molar-refractivity contribution is 7.97. The molecule has 0 bridgehead atoms. The number of hydrogen-bond acceptors (Lipinski definition) is 4. The highest BCUT2D eigenvalue weighted by Gasteiger charge is 2.05. The van der Waals surface area contributed by atoms with E-state index in [9.17, 15) is 0 Å². The number of para-hydroxylation sites is 1. The topological polar surface area (TPSA) is 38.9 Å². The molecule has 1 aromatic heterocycles. The van der Waals surface area contributed by atoms with Crippen molar-refractivity contribution in [2.24, 2.45) is 5.14 Å². The van der Waals surface area contributed by atoms with Gasteiger partial charge in [-0.2, -0.15) is 0 Å². The highest BCUT2D eigenvalue weighted by atomic mass is 32.2. The first-order valence-electron chi connectivity index (χ1n) is 4.16. The molecule has 2 aromatic rings. The fourth-order valence-corrected chi connectivity index (χ4v) is 2.55. The molecule has 1 aromatic carbocycles. The Kier molecular flexibility index (Phi) is 2.86. The third kappa shape index (κ3) is 1.82. The van der Waals surface area contributed by atoms with Gasteiger partial charge in [-0.05, 0) is 17.7 Å². The molecule has 0 amide bonds. The highest BCUT2D eigenvalue weighted by Crippen LogP contribution is 2.26. The molecule has 2 N–H and O–H groups in total. The number of rotatable bonds is 3. The SMILES string of the molecule is C=C(CSN)c1nc2ccccc2s1. The van der Waals surface area contributed by atoms with Gasteiger partial charge in [0.2, 0.25) is 0 Å². The molecular weight excluding hydrogens is 212 g/mol. The summed E-state index contributed by atoms with van der Waals surface area (Å²) in [7, 11) is 0. The summed E-state index contributed by atoms with van der Waals surface area (Å²) in [5.41, 5.74) is 2.04. The van der Waals surface area contributed by atoms with Crippen molar-refractivity contribution in [2.75, 3.05) is 5.75 Å². The van der Waals surface area contributed by atoms with Crippen molar-refractivity contribution in [3.63, 3.8) is 0 Å². The Hall–Kier alpha value is -0.840. The van der Waals surface area contributed by atoms with Gasteiger partial charge in [0, 0.05) is 5.75 Å². The van der Waals surface area contributed by atoms with E-state index >= 15 is 0 Å². The molecule has 0 saturated carbocycles. The van der Waals surface area contributed by atoms with Crippen LogP contribution in [0.1, 0.15) is 5.01 Å². The first kappa shape index (κ1) is 9.71. The number of hydrogen-bond donors (Lipinski definition) is 1. The maximum atomic E-state index is 5.39. The number of nitrogens with zero attached hydrogens (tertiary/aromatic N) is 1. The Balaban J connectivity index is 2.40. The van der Waals surface area contributed by atoms with Crippen LogP contribution in [-0.2, 0) is 0 Å². The van der Waals surface area contributed by atoms with Crippen LogP contribution in [0.15, 0.2) is 30.8 Å². The van der Waals surface area contributed by atoms with Gasteiger partial charge in [-0.15, -0.1) is 11.3 Å². The molecule has 0 atom stereocenters. The van der Waals surface area contributed by atoms with E-state index in [1.165, 1.54) is 16.6 Å². The summed E-state index contributed by atoms with van der Waals surface area (Å²) in [5.74, 6) is 0.736. The lowest BCUT2D eigenvalue weighted by Gasteiger charge is -1.95. The first-order chi connectivity index (χ1) is 6.81. The molecule has 1 heterocycles. The summed E-state index contributed by atoms with van der Waals surface area (Å²) in [6.45, 7) is 3.96. The van der Waals surface area contributed by atoms with Crippen molar-refractivity contribution in [1.82, 2.24) is 4.98 Å². The normalized spacial score (nSPS) is 10.6. The van der Waals surface area contributed by atoms with Gasteiger partial charge >= 0.3 is 0 Å². The number of thiazole rings is 1. The quantitative estimate of drug-likeness (QED) is 0.812. The molecule has 0 aliphatic heterocycles. The molecule has 0 unspecified atom stereocenters. The van der Waals surface area contributed by atoms with Crippen molar-refractivity contribution in [3.8, 4) is 0 Å². The molecule has 14 heavy (non-hydrogen) atoms. The van der Waals surface area contributed by atoms with E-state index in [0.717, 1.165) is 21.9 Å². The van der Waals surface area contributed by atoms with Crippen LogP contribution in [-0.4, -0.2) is 10.7 Å². The van der Waals surface area contributed by atoms with E-state index in [1.807, 2.05) is 18.2 Å². The van der Waals surface area contributed by atoms with E-state index in [1.54, 1.807) is 11.3 Å². The van der Waals surface area contributed by atoms with E-state index in [-0.39, 0.29) is 0 Å². The van der Waals surface area contributed by atoms with Gasteiger partial charge in [0.15, 0.2) is 0 Å². The fraction of sp³-hybridized carbons (Fsp3) is 0.100. The van der Waals surface area contributed by atoms with Crippen LogP contribution in [0.2, 0.25) is 0 Å². The molecule has 2 nitrogen and oxygen atoms in total. The third-order valence-corrected chi connectivity index (χ3v) is 3.51. The second-order valence-corrected chi connectivity index (χ2v) is 4.55. The summed E-state index contributed by atoms with van der Waals surface area (Å²) in [6, 6.07) is 8.09. The molecule has 0 fully saturated rings. The van der Waals surface area contributed by atoms with E-state index in [4.69, 9.17) is 5.14 Å². The number of benzene rings is 1. The molecule has 0 saturated heterocycles. The van der Waals surface area contributed by atoms with Crippen molar-refractivity contribution >= 4 is 39.1 Å². The third-order valence-electron chi connectivity index (χ3n) is 1.85. The molecule has 0 radical (unpaired) electrons. The number of nitrogens with two attached hydrogens (primary N) is 1. The Morgan fingerprint density at radius 3 is 3.00 bits per heavy atom. The van der Waals surface area contributed by atoms with E-state index < -0.39 is 0 Å². The number of fused-ring (bicyclic) bond motifs is 1. The minimum absolute atomic E-state index is 0.736. The van der Waals surface area contributed by atoms with Crippen molar-refractivity contribution in [2.45, 2.75) is 0 Å². The lowest BCUT2D eigenvalue weighted by molar-refractivity contribution is 1.43. The molecule has 0 aliphatic rings. The van der Waals surface area contributed by atoms with Crippen LogP contribution >= 0.6 is 23.3 Å². The van der Waals surface area contributed by atoms with Crippen LogP contribution < -0.4 is 5.14 Å².